The van der Waals surface area contributed by atoms with Crippen LogP contribution in [0.15, 0.2) is 24.5 Å². The van der Waals surface area contributed by atoms with Crippen LogP contribution >= 0.6 is 0 Å². The van der Waals surface area contributed by atoms with Gasteiger partial charge in [-0.3, -0.25) is 4.98 Å². The van der Waals surface area contributed by atoms with Crippen molar-refractivity contribution in [3.05, 3.63) is 30.1 Å². The summed E-state index contributed by atoms with van der Waals surface area (Å²) in [7, 11) is 1.58. The Labute approximate surface area is 78.4 Å². The molecule has 1 aromatic heterocycles. The van der Waals surface area contributed by atoms with E-state index < -0.39 is 11.7 Å². The number of aliphatic hydroxyl groups excluding tert-OH is 1. The van der Waals surface area contributed by atoms with Crippen LogP contribution in [0, 0.1) is 0 Å². The SMILES string of the molecule is COC(C)(C)C(O)c1cccnc1. The van der Waals surface area contributed by atoms with E-state index in [1.54, 1.807) is 25.6 Å². The molecule has 1 heterocycles. The van der Waals surface area contributed by atoms with E-state index in [1.165, 1.54) is 0 Å². The van der Waals surface area contributed by atoms with E-state index in [4.69, 9.17) is 4.74 Å². The Morgan fingerprint density at radius 2 is 2.23 bits per heavy atom. The van der Waals surface area contributed by atoms with Gasteiger partial charge in [0.2, 0.25) is 0 Å². The van der Waals surface area contributed by atoms with Crippen LogP contribution in [-0.2, 0) is 4.74 Å². The van der Waals surface area contributed by atoms with Crippen molar-refractivity contribution in [3.8, 4) is 0 Å². The molecule has 1 atom stereocenters. The molecule has 0 radical (unpaired) electrons. The van der Waals surface area contributed by atoms with E-state index in [1.807, 2.05) is 19.9 Å². The van der Waals surface area contributed by atoms with Crippen molar-refractivity contribution in [1.29, 1.82) is 0 Å². The fourth-order valence-corrected chi connectivity index (χ4v) is 1.05. The van der Waals surface area contributed by atoms with E-state index >= 15 is 0 Å². The Balaban J connectivity index is 2.85. The predicted molar refractivity (Wildman–Crippen MR) is 50.3 cm³/mol. The highest BCUT2D eigenvalue weighted by Gasteiger charge is 2.28. The van der Waals surface area contributed by atoms with Crippen LogP contribution in [0.1, 0.15) is 25.5 Å². The van der Waals surface area contributed by atoms with E-state index in [2.05, 4.69) is 4.98 Å². The molecule has 1 unspecified atom stereocenters. The lowest BCUT2D eigenvalue weighted by Gasteiger charge is -2.28. The average molecular weight is 181 g/mol. The van der Waals surface area contributed by atoms with Gasteiger partial charge in [0.05, 0.1) is 5.60 Å². The molecule has 0 saturated heterocycles. The molecule has 0 aliphatic carbocycles. The Morgan fingerprint density at radius 1 is 1.54 bits per heavy atom. The van der Waals surface area contributed by atoms with Gasteiger partial charge in [0.25, 0.3) is 0 Å². The van der Waals surface area contributed by atoms with Crippen molar-refractivity contribution >= 4 is 0 Å². The van der Waals surface area contributed by atoms with Crippen molar-refractivity contribution in [2.24, 2.45) is 0 Å². The normalized spacial score (nSPS) is 14.2. The van der Waals surface area contributed by atoms with Gasteiger partial charge in [-0.25, -0.2) is 0 Å². The summed E-state index contributed by atoms with van der Waals surface area (Å²) in [5.41, 5.74) is 0.192. The van der Waals surface area contributed by atoms with Crippen LogP contribution in [-0.4, -0.2) is 22.8 Å². The molecule has 1 aromatic rings. The molecular weight excluding hydrogens is 166 g/mol. The maximum absolute atomic E-state index is 9.88. The number of hydrogen-bond donors (Lipinski definition) is 1. The van der Waals surface area contributed by atoms with Gasteiger partial charge in [0, 0.05) is 25.1 Å². The van der Waals surface area contributed by atoms with E-state index in [0.29, 0.717) is 0 Å². The summed E-state index contributed by atoms with van der Waals surface area (Å²) in [5, 5.41) is 9.88. The first-order valence-corrected chi connectivity index (χ1v) is 4.21. The Bertz CT molecular complexity index is 259. The zero-order valence-corrected chi connectivity index (χ0v) is 8.19. The molecule has 0 saturated carbocycles. The Hall–Kier alpha value is -0.930. The maximum atomic E-state index is 9.88. The first kappa shape index (κ1) is 10.2. The van der Waals surface area contributed by atoms with Crippen LogP contribution in [0.3, 0.4) is 0 Å². The molecule has 13 heavy (non-hydrogen) atoms. The van der Waals surface area contributed by atoms with Gasteiger partial charge < -0.3 is 9.84 Å². The molecule has 3 nitrogen and oxygen atoms in total. The maximum Gasteiger partial charge on any atom is 0.109 e. The van der Waals surface area contributed by atoms with Crippen molar-refractivity contribution in [2.45, 2.75) is 25.6 Å². The number of rotatable bonds is 3. The lowest BCUT2D eigenvalue weighted by molar-refractivity contribution is -0.0794. The van der Waals surface area contributed by atoms with Gasteiger partial charge in [-0.15, -0.1) is 0 Å². The third-order valence-corrected chi connectivity index (χ3v) is 2.18. The summed E-state index contributed by atoms with van der Waals surface area (Å²) in [5.74, 6) is 0. The van der Waals surface area contributed by atoms with Crippen LogP contribution in [0.2, 0.25) is 0 Å². The summed E-state index contributed by atoms with van der Waals surface area (Å²) < 4.78 is 5.18. The standard InChI is InChI=1S/C10H15NO2/c1-10(2,13-3)9(12)8-5-4-6-11-7-8/h4-7,9,12H,1-3H3. The highest BCUT2D eigenvalue weighted by molar-refractivity contribution is 5.14. The second-order valence-electron chi connectivity index (χ2n) is 3.50. The molecule has 0 aromatic carbocycles. The second-order valence-corrected chi connectivity index (χ2v) is 3.50. The third-order valence-electron chi connectivity index (χ3n) is 2.18. The van der Waals surface area contributed by atoms with Crippen molar-refractivity contribution in [1.82, 2.24) is 4.98 Å². The van der Waals surface area contributed by atoms with Crippen molar-refractivity contribution in [2.75, 3.05) is 7.11 Å². The number of nitrogens with zero attached hydrogens (tertiary/aromatic N) is 1. The zero-order chi connectivity index (χ0) is 9.90. The minimum Gasteiger partial charge on any atom is -0.385 e. The molecular formula is C10H15NO2. The minimum atomic E-state index is -0.647. The summed E-state index contributed by atoms with van der Waals surface area (Å²) in [6.07, 6.45) is 2.67. The molecule has 0 fully saturated rings. The van der Waals surface area contributed by atoms with E-state index in [9.17, 15) is 5.11 Å². The summed E-state index contributed by atoms with van der Waals surface area (Å²) in [6, 6.07) is 3.63. The van der Waals surface area contributed by atoms with Crippen LogP contribution in [0.25, 0.3) is 0 Å². The molecule has 0 aliphatic rings. The van der Waals surface area contributed by atoms with Gasteiger partial charge in [-0.2, -0.15) is 0 Å². The first-order chi connectivity index (χ1) is 6.08. The van der Waals surface area contributed by atoms with Gasteiger partial charge in [-0.05, 0) is 19.9 Å². The largest absolute Gasteiger partial charge is 0.385 e. The topological polar surface area (TPSA) is 42.4 Å². The van der Waals surface area contributed by atoms with Crippen LogP contribution in [0.5, 0.6) is 0 Å². The van der Waals surface area contributed by atoms with Gasteiger partial charge in [-0.1, -0.05) is 6.07 Å². The highest BCUT2D eigenvalue weighted by Crippen LogP contribution is 2.27. The zero-order valence-electron chi connectivity index (χ0n) is 8.19. The van der Waals surface area contributed by atoms with Gasteiger partial charge in [0.15, 0.2) is 0 Å². The number of pyridine rings is 1. The smallest absolute Gasteiger partial charge is 0.109 e. The summed E-state index contributed by atoms with van der Waals surface area (Å²) >= 11 is 0. The fraction of sp³-hybridized carbons (Fsp3) is 0.500. The molecule has 1 rings (SSSR count). The fourth-order valence-electron chi connectivity index (χ4n) is 1.05. The number of ether oxygens (including phenoxy) is 1. The molecule has 72 valence electrons. The number of aromatic nitrogens is 1. The molecule has 0 spiro atoms. The van der Waals surface area contributed by atoms with Crippen LogP contribution < -0.4 is 0 Å². The summed E-state index contributed by atoms with van der Waals surface area (Å²) in [4.78, 5) is 3.94. The molecule has 1 N–H and O–H groups in total. The van der Waals surface area contributed by atoms with Gasteiger partial charge >= 0.3 is 0 Å². The molecule has 0 amide bonds. The monoisotopic (exact) mass is 181 g/mol. The minimum absolute atomic E-state index is 0.580. The van der Waals surface area contributed by atoms with E-state index in [0.717, 1.165) is 5.56 Å². The first-order valence-electron chi connectivity index (χ1n) is 4.21. The number of methoxy groups -OCH3 is 1. The van der Waals surface area contributed by atoms with Crippen molar-refractivity contribution in [3.63, 3.8) is 0 Å². The van der Waals surface area contributed by atoms with Gasteiger partial charge in [0.1, 0.15) is 6.10 Å². The Morgan fingerprint density at radius 3 is 2.69 bits per heavy atom. The lowest BCUT2D eigenvalue weighted by Crippen LogP contribution is -2.31. The molecule has 0 bridgehead atoms. The summed E-state index contributed by atoms with van der Waals surface area (Å²) in [6.45, 7) is 3.68. The molecule has 3 heteroatoms. The average Bonchev–Trinajstić information content (AvgIpc) is 2.18. The van der Waals surface area contributed by atoms with Crippen molar-refractivity contribution < 1.29 is 9.84 Å². The highest BCUT2D eigenvalue weighted by atomic mass is 16.5. The number of hydrogen-bond acceptors (Lipinski definition) is 3. The quantitative estimate of drug-likeness (QED) is 0.769. The molecule has 0 aliphatic heterocycles. The lowest BCUT2D eigenvalue weighted by atomic mass is 9.96. The Kier molecular flexibility index (Phi) is 3.01. The number of aliphatic hydroxyl groups is 1. The van der Waals surface area contributed by atoms with Crippen LogP contribution in [0.4, 0.5) is 0 Å². The van der Waals surface area contributed by atoms with E-state index in [-0.39, 0.29) is 0 Å². The third kappa shape index (κ3) is 2.26. The predicted octanol–water partition coefficient (Wildman–Crippen LogP) is 1.54. The second kappa shape index (κ2) is 3.85.